The van der Waals surface area contributed by atoms with Crippen molar-refractivity contribution >= 4 is 23.6 Å². The molecule has 2 aromatic carbocycles. The van der Waals surface area contributed by atoms with Crippen LogP contribution in [0.5, 0.6) is 0 Å². The summed E-state index contributed by atoms with van der Waals surface area (Å²) in [6.07, 6.45) is 6.50. The molecule has 0 saturated carbocycles. The zero-order valence-electron chi connectivity index (χ0n) is 12.3. The van der Waals surface area contributed by atoms with Crippen LogP contribution in [0.1, 0.15) is 35.6 Å². The standard InChI is InChI=1S/C19H18ClNO/c20-17-10-4-2-7-15(17)12-13-19(22)21-18-11-5-8-14-6-1-3-9-16(14)18/h1-4,6-7,9-10,12-13,18H,5,8,11H2,(H,21,22)/b13-12+/t18-/m1/s1. The summed E-state index contributed by atoms with van der Waals surface area (Å²) < 4.78 is 0. The van der Waals surface area contributed by atoms with Crippen molar-refractivity contribution in [2.24, 2.45) is 0 Å². The van der Waals surface area contributed by atoms with E-state index >= 15 is 0 Å². The molecule has 1 aliphatic rings. The number of benzene rings is 2. The second-order valence-corrected chi connectivity index (χ2v) is 5.91. The first-order valence-electron chi connectivity index (χ1n) is 7.55. The molecule has 0 bridgehead atoms. The lowest BCUT2D eigenvalue weighted by atomic mass is 9.88. The highest BCUT2D eigenvalue weighted by Crippen LogP contribution is 2.29. The molecular formula is C19H18ClNO. The van der Waals surface area contributed by atoms with Crippen molar-refractivity contribution in [3.63, 3.8) is 0 Å². The van der Waals surface area contributed by atoms with Gasteiger partial charge in [0.2, 0.25) is 5.91 Å². The Hall–Kier alpha value is -2.06. The van der Waals surface area contributed by atoms with Crippen LogP contribution < -0.4 is 5.32 Å². The maximum absolute atomic E-state index is 12.2. The molecule has 0 heterocycles. The number of hydrogen-bond donors (Lipinski definition) is 1. The van der Waals surface area contributed by atoms with E-state index < -0.39 is 0 Å². The van der Waals surface area contributed by atoms with E-state index in [2.05, 4.69) is 23.5 Å². The lowest BCUT2D eigenvalue weighted by Crippen LogP contribution is -2.29. The molecule has 0 unspecified atom stereocenters. The Balaban J connectivity index is 1.69. The van der Waals surface area contributed by atoms with E-state index in [-0.39, 0.29) is 11.9 Å². The first-order valence-corrected chi connectivity index (χ1v) is 7.93. The molecule has 3 rings (SSSR count). The van der Waals surface area contributed by atoms with Crippen molar-refractivity contribution in [1.82, 2.24) is 5.32 Å². The smallest absolute Gasteiger partial charge is 0.244 e. The molecule has 0 fully saturated rings. The Morgan fingerprint density at radius 3 is 2.77 bits per heavy atom. The lowest BCUT2D eigenvalue weighted by molar-refractivity contribution is -0.117. The first kappa shape index (κ1) is 14.9. The monoisotopic (exact) mass is 311 g/mol. The lowest BCUT2D eigenvalue weighted by Gasteiger charge is -2.25. The van der Waals surface area contributed by atoms with Gasteiger partial charge in [0.15, 0.2) is 0 Å². The fraction of sp³-hybridized carbons (Fsp3) is 0.211. The van der Waals surface area contributed by atoms with Gasteiger partial charge in [-0.15, -0.1) is 0 Å². The number of nitrogens with one attached hydrogen (secondary N) is 1. The highest BCUT2D eigenvalue weighted by Gasteiger charge is 2.20. The SMILES string of the molecule is O=C(/C=C/c1ccccc1Cl)N[C@@H]1CCCc2ccccc21. The molecule has 3 heteroatoms. The minimum Gasteiger partial charge on any atom is -0.346 e. The fourth-order valence-corrected chi connectivity index (χ4v) is 3.10. The average molecular weight is 312 g/mol. The summed E-state index contributed by atoms with van der Waals surface area (Å²) in [4.78, 5) is 12.2. The molecule has 2 aromatic rings. The summed E-state index contributed by atoms with van der Waals surface area (Å²) in [5.74, 6) is -0.0818. The van der Waals surface area contributed by atoms with E-state index in [0.29, 0.717) is 5.02 Å². The Bertz CT molecular complexity index is 708. The number of fused-ring (bicyclic) bond motifs is 1. The molecule has 0 spiro atoms. The third kappa shape index (κ3) is 3.40. The zero-order valence-corrected chi connectivity index (χ0v) is 13.0. The van der Waals surface area contributed by atoms with Crippen LogP contribution in [0.4, 0.5) is 0 Å². The molecule has 1 atom stereocenters. The molecule has 1 amide bonds. The molecule has 112 valence electrons. The van der Waals surface area contributed by atoms with Gasteiger partial charge in [-0.2, -0.15) is 0 Å². The summed E-state index contributed by atoms with van der Waals surface area (Å²) in [7, 11) is 0. The number of aryl methyl sites for hydroxylation is 1. The molecule has 22 heavy (non-hydrogen) atoms. The van der Waals surface area contributed by atoms with Gasteiger partial charge in [0, 0.05) is 11.1 Å². The van der Waals surface area contributed by atoms with E-state index in [1.807, 2.05) is 30.3 Å². The van der Waals surface area contributed by atoms with Gasteiger partial charge in [0.25, 0.3) is 0 Å². The maximum atomic E-state index is 12.2. The number of hydrogen-bond acceptors (Lipinski definition) is 1. The third-order valence-electron chi connectivity index (χ3n) is 4.01. The van der Waals surface area contributed by atoms with Gasteiger partial charge in [-0.25, -0.2) is 0 Å². The maximum Gasteiger partial charge on any atom is 0.244 e. The van der Waals surface area contributed by atoms with Crippen molar-refractivity contribution < 1.29 is 4.79 Å². The number of carbonyl (C=O) groups excluding carboxylic acids is 1. The van der Waals surface area contributed by atoms with Gasteiger partial charge in [-0.1, -0.05) is 54.1 Å². The molecule has 1 aliphatic carbocycles. The van der Waals surface area contributed by atoms with Gasteiger partial charge < -0.3 is 5.32 Å². The quantitative estimate of drug-likeness (QED) is 0.828. The average Bonchev–Trinajstić information content (AvgIpc) is 2.54. The minimum absolute atomic E-state index is 0.0818. The molecule has 1 N–H and O–H groups in total. The highest BCUT2D eigenvalue weighted by molar-refractivity contribution is 6.32. The van der Waals surface area contributed by atoms with E-state index in [1.165, 1.54) is 11.1 Å². The van der Waals surface area contributed by atoms with Crippen LogP contribution in [-0.2, 0) is 11.2 Å². The van der Waals surface area contributed by atoms with Crippen LogP contribution in [0.3, 0.4) is 0 Å². The first-order chi connectivity index (χ1) is 10.7. The predicted molar refractivity (Wildman–Crippen MR) is 90.7 cm³/mol. The van der Waals surface area contributed by atoms with Crippen LogP contribution in [-0.4, -0.2) is 5.91 Å². The van der Waals surface area contributed by atoms with Gasteiger partial charge in [-0.3, -0.25) is 4.79 Å². The summed E-state index contributed by atoms with van der Waals surface area (Å²) in [6, 6.07) is 15.9. The van der Waals surface area contributed by atoms with Gasteiger partial charge in [-0.05, 0) is 48.1 Å². The van der Waals surface area contributed by atoms with Crippen LogP contribution in [0.2, 0.25) is 5.02 Å². The topological polar surface area (TPSA) is 29.1 Å². The second-order valence-electron chi connectivity index (χ2n) is 5.51. The largest absolute Gasteiger partial charge is 0.346 e. The van der Waals surface area contributed by atoms with Crippen LogP contribution >= 0.6 is 11.6 Å². The molecule has 0 radical (unpaired) electrons. The fourth-order valence-electron chi connectivity index (χ4n) is 2.90. The molecule has 0 saturated heterocycles. The van der Waals surface area contributed by atoms with Crippen molar-refractivity contribution in [2.75, 3.05) is 0 Å². The van der Waals surface area contributed by atoms with Crippen molar-refractivity contribution in [3.8, 4) is 0 Å². The Morgan fingerprint density at radius 1 is 1.14 bits per heavy atom. The number of rotatable bonds is 3. The van der Waals surface area contributed by atoms with E-state index in [0.717, 1.165) is 24.8 Å². The van der Waals surface area contributed by atoms with E-state index in [4.69, 9.17) is 11.6 Å². The summed E-state index contributed by atoms with van der Waals surface area (Å²) in [5, 5.41) is 3.74. The summed E-state index contributed by atoms with van der Waals surface area (Å²) in [5.41, 5.74) is 3.44. The Labute approximate surface area is 135 Å². The van der Waals surface area contributed by atoms with Gasteiger partial charge in [0.05, 0.1) is 6.04 Å². The Morgan fingerprint density at radius 2 is 1.91 bits per heavy atom. The van der Waals surface area contributed by atoms with E-state index in [9.17, 15) is 4.79 Å². The van der Waals surface area contributed by atoms with Crippen molar-refractivity contribution in [2.45, 2.75) is 25.3 Å². The Kier molecular flexibility index (Phi) is 4.59. The molecule has 0 aromatic heterocycles. The molecular weight excluding hydrogens is 294 g/mol. The minimum atomic E-state index is -0.0818. The normalized spacial score (nSPS) is 17.2. The van der Waals surface area contributed by atoms with Gasteiger partial charge >= 0.3 is 0 Å². The van der Waals surface area contributed by atoms with Crippen LogP contribution in [0.15, 0.2) is 54.6 Å². The number of carbonyl (C=O) groups is 1. The highest BCUT2D eigenvalue weighted by atomic mass is 35.5. The number of amides is 1. The van der Waals surface area contributed by atoms with Gasteiger partial charge in [0.1, 0.15) is 0 Å². The van der Waals surface area contributed by atoms with E-state index in [1.54, 1.807) is 12.2 Å². The molecule has 0 aliphatic heterocycles. The zero-order chi connectivity index (χ0) is 15.4. The molecule has 2 nitrogen and oxygen atoms in total. The number of halogens is 1. The van der Waals surface area contributed by atoms with Crippen molar-refractivity contribution in [3.05, 3.63) is 76.3 Å². The summed E-state index contributed by atoms with van der Waals surface area (Å²) in [6.45, 7) is 0. The van der Waals surface area contributed by atoms with Crippen molar-refractivity contribution in [1.29, 1.82) is 0 Å². The predicted octanol–water partition coefficient (Wildman–Crippen LogP) is 4.55. The third-order valence-corrected chi connectivity index (χ3v) is 4.35. The second kappa shape index (κ2) is 6.80. The summed E-state index contributed by atoms with van der Waals surface area (Å²) >= 11 is 6.08. The van der Waals surface area contributed by atoms with Crippen LogP contribution in [0, 0.1) is 0 Å². The van der Waals surface area contributed by atoms with Crippen LogP contribution in [0.25, 0.3) is 6.08 Å².